The van der Waals surface area contributed by atoms with E-state index in [9.17, 15) is 4.79 Å². The van der Waals surface area contributed by atoms with Gasteiger partial charge < -0.3 is 5.73 Å². The Morgan fingerprint density at radius 1 is 1.60 bits per heavy atom. The van der Waals surface area contributed by atoms with Crippen molar-refractivity contribution >= 4 is 27.5 Å². The molecule has 2 aromatic rings. The standard InChI is InChI=1S/C8H8BrN5O/c9-5-3-11-8-12-7(6(15)1-2-10)13-14(8)4-5/h3-4H,1-2,10H2. The van der Waals surface area contributed by atoms with Gasteiger partial charge in [-0.2, -0.15) is 4.98 Å². The van der Waals surface area contributed by atoms with Crippen LogP contribution in [0.25, 0.3) is 5.78 Å². The molecule has 7 heteroatoms. The largest absolute Gasteiger partial charge is 0.330 e. The first kappa shape index (κ1) is 10.2. The second-order valence-electron chi connectivity index (χ2n) is 2.91. The maximum Gasteiger partial charge on any atom is 0.252 e. The van der Waals surface area contributed by atoms with Crippen LogP contribution in [0.3, 0.4) is 0 Å². The highest BCUT2D eigenvalue weighted by atomic mass is 79.9. The topological polar surface area (TPSA) is 86.2 Å². The van der Waals surface area contributed by atoms with Gasteiger partial charge in [-0.05, 0) is 22.5 Å². The summed E-state index contributed by atoms with van der Waals surface area (Å²) in [5, 5.41) is 4.00. The van der Waals surface area contributed by atoms with E-state index in [-0.39, 0.29) is 18.0 Å². The van der Waals surface area contributed by atoms with Gasteiger partial charge in [-0.3, -0.25) is 4.79 Å². The van der Waals surface area contributed by atoms with E-state index in [4.69, 9.17) is 5.73 Å². The van der Waals surface area contributed by atoms with Crippen LogP contribution in [0, 0.1) is 0 Å². The molecule has 0 unspecified atom stereocenters. The quantitative estimate of drug-likeness (QED) is 0.817. The maximum absolute atomic E-state index is 11.4. The van der Waals surface area contributed by atoms with Crippen LogP contribution >= 0.6 is 15.9 Å². The van der Waals surface area contributed by atoms with E-state index in [0.29, 0.717) is 12.3 Å². The first-order chi connectivity index (χ1) is 7.20. The number of halogens is 1. The minimum atomic E-state index is -0.167. The van der Waals surface area contributed by atoms with Crippen LogP contribution in [0.5, 0.6) is 0 Å². The summed E-state index contributed by atoms with van der Waals surface area (Å²) in [4.78, 5) is 19.4. The Labute approximate surface area is 93.6 Å². The molecule has 0 fully saturated rings. The smallest absolute Gasteiger partial charge is 0.252 e. The number of hydrogen-bond donors (Lipinski definition) is 1. The summed E-state index contributed by atoms with van der Waals surface area (Å²) >= 11 is 3.25. The number of carbonyl (C=O) groups excluding carboxylic acids is 1. The van der Waals surface area contributed by atoms with Gasteiger partial charge in [0.1, 0.15) is 0 Å². The molecular formula is C8H8BrN5O. The van der Waals surface area contributed by atoms with Crippen LogP contribution in [0.15, 0.2) is 16.9 Å². The number of aromatic nitrogens is 4. The van der Waals surface area contributed by atoms with Crippen molar-refractivity contribution in [2.45, 2.75) is 6.42 Å². The SMILES string of the molecule is NCCC(=O)c1nc2ncc(Br)cn2n1. The summed E-state index contributed by atoms with van der Waals surface area (Å²) in [5.74, 6) is 0.392. The minimum absolute atomic E-state index is 0.158. The summed E-state index contributed by atoms with van der Waals surface area (Å²) in [5.41, 5.74) is 5.28. The van der Waals surface area contributed by atoms with Gasteiger partial charge in [0, 0.05) is 18.8 Å². The van der Waals surface area contributed by atoms with Crippen molar-refractivity contribution in [2.75, 3.05) is 6.54 Å². The molecule has 0 radical (unpaired) electrons. The summed E-state index contributed by atoms with van der Waals surface area (Å²) in [6.45, 7) is 0.297. The Hall–Kier alpha value is -1.34. The van der Waals surface area contributed by atoms with Crippen LogP contribution in [0.4, 0.5) is 0 Å². The monoisotopic (exact) mass is 269 g/mol. The number of carbonyl (C=O) groups is 1. The van der Waals surface area contributed by atoms with Gasteiger partial charge in [-0.15, -0.1) is 5.10 Å². The van der Waals surface area contributed by atoms with E-state index >= 15 is 0 Å². The fourth-order valence-corrected chi connectivity index (χ4v) is 1.42. The molecule has 0 saturated carbocycles. The summed E-state index contributed by atoms with van der Waals surface area (Å²) in [6.07, 6.45) is 3.54. The average Bonchev–Trinajstić information content (AvgIpc) is 2.60. The maximum atomic E-state index is 11.4. The van der Waals surface area contributed by atoms with Gasteiger partial charge in [0.05, 0.1) is 4.47 Å². The number of Topliss-reactive ketones (excluding diaryl/α,β-unsaturated/α-hetero) is 1. The molecule has 2 heterocycles. The average molecular weight is 270 g/mol. The van der Waals surface area contributed by atoms with Crippen LogP contribution in [-0.2, 0) is 0 Å². The lowest BCUT2D eigenvalue weighted by atomic mass is 10.3. The summed E-state index contributed by atoms with van der Waals surface area (Å²) < 4.78 is 2.23. The molecule has 2 rings (SSSR count). The third kappa shape index (κ3) is 2.02. The molecule has 0 aliphatic rings. The molecule has 0 atom stereocenters. The predicted molar refractivity (Wildman–Crippen MR) is 56.5 cm³/mol. The van der Waals surface area contributed by atoms with E-state index in [1.807, 2.05) is 0 Å². The molecule has 2 N–H and O–H groups in total. The number of ketones is 1. The van der Waals surface area contributed by atoms with Gasteiger partial charge >= 0.3 is 0 Å². The van der Waals surface area contributed by atoms with Crippen molar-refractivity contribution in [1.29, 1.82) is 0 Å². The number of nitrogens with two attached hydrogens (primary N) is 1. The Balaban J connectivity index is 2.42. The third-order valence-corrected chi connectivity index (χ3v) is 2.19. The zero-order chi connectivity index (χ0) is 10.8. The van der Waals surface area contributed by atoms with Crippen LogP contribution in [-0.4, -0.2) is 31.9 Å². The van der Waals surface area contributed by atoms with Crippen molar-refractivity contribution in [2.24, 2.45) is 5.73 Å². The van der Waals surface area contributed by atoms with Crippen molar-refractivity contribution in [3.8, 4) is 0 Å². The minimum Gasteiger partial charge on any atom is -0.330 e. The van der Waals surface area contributed by atoms with Gasteiger partial charge in [-0.1, -0.05) is 0 Å². The molecular weight excluding hydrogens is 262 g/mol. The number of hydrogen-bond acceptors (Lipinski definition) is 5. The predicted octanol–water partition coefficient (Wildman–Crippen LogP) is 0.418. The zero-order valence-corrected chi connectivity index (χ0v) is 9.31. The fraction of sp³-hybridized carbons (Fsp3) is 0.250. The van der Waals surface area contributed by atoms with Crippen molar-refractivity contribution in [3.63, 3.8) is 0 Å². The molecule has 0 spiro atoms. The van der Waals surface area contributed by atoms with E-state index in [1.54, 1.807) is 12.4 Å². The van der Waals surface area contributed by atoms with Gasteiger partial charge in [0.15, 0.2) is 0 Å². The lowest BCUT2D eigenvalue weighted by Gasteiger charge is -1.89. The molecule has 0 aliphatic carbocycles. The Kier molecular flexibility index (Phi) is 2.74. The zero-order valence-electron chi connectivity index (χ0n) is 7.72. The molecule has 6 nitrogen and oxygen atoms in total. The van der Waals surface area contributed by atoms with Crippen molar-refractivity contribution < 1.29 is 4.79 Å². The van der Waals surface area contributed by atoms with Crippen molar-refractivity contribution in [1.82, 2.24) is 19.6 Å². The molecule has 0 bridgehead atoms. The number of nitrogens with zero attached hydrogens (tertiary/aromatic N) is 4. The Morgan fingerprint density at radius 2 is 2.40 bits per heavy atom. The number of rotatable bonds is 3. The van der Waals surface area contributed by atoms with Gasteiger partial charge in [0.2, 0.25) is 11.6 Å². The summed E-state index contributed by atoms with van der Waals surface area (Å²) in [6, 6.07) is 0. The summed E-state index contributed by atoms with van der Waals surface area (Å²) in [7, 11) is 0. The normalized spacial score (nSPS) is 10.8. The van der Waals surface area contributed by atoms with Crippen LogP contribution in [0.2, 0.25) is 0 Å². The van der Waals surface area contributed by atoms with Gasteiger partial charge in [-0.25, -0.2) is 9.50 Å². The van der Waals surface area contributed by atoms with E-state index in [0.717, 1.165) is 4.47 Å². The molecule has 78 valence electrons. The van der Waals surface area contributed by atoms with E-state index in [2.05, 4.69) is 31.0 Å². The molecule has 0 aromatic carbocycles. The molecule has 0 aliphatic heterocycles. The van der Waals surface area contributed by atoms with E-state index < -0.39 is 0 Å². The second kappa shape index (κ2) is 4.03. The first-order valence-electron chi connectivity index (χ1n) is 4.32. The highest BCUT2D eigenvalue weighted by Gasteiger charge is 2.12. The highest BCUT2D eigenvalue weighted by molar-refractivity contribution is 9.10. The number of fused-ring (bicyclic) bond motifs is 1. The molecule has 0 saturated heterocycles. The fourth-order valence-electron chi connectivity index (χ4n) is 1.12. The first-order valence-corrected chi connectivity index (χ1v) is 5.11. The molecule has 15 heavy (non-hydrogen) atoms. The van der Waals surface area contributed by atoms with Gasteiger partial charge in [0.25, 0.3) is 5.78 Å². The Bertz CT molecular complexity index is 509. The molecule has 0 amide bonds. The Morgan fingerprint density at radius 3 is 3.13 bits per heavy atom. The van der Waals surface area contributed by atoms with E-state index in [1.165, 1.54) is 4.52 Å². The molecule has 2 aromatic heterocycles. The third-order valence-electron chi connectivity index (χ3n) is 1.78. The highest BCUT2D eigenvalue weighted by Crippen LogP contribution is 2.08. The van der Waals surface area contributed by atoms with Crippen LogP contribution in [0.1, 0.15) is 17.0 Å². The van der Waals surface area contributed by atoms with Crippen LogP contribution < -0.4 is 5.73 Å². The lowest BCUT2D eigenvalue weighted by Crippen LogP contribution is -2.09. The van der Waals surface area contributed by atoms with Crippen molar-refractivity contribution in [3.05, 3.63) is 22.7 Å². The second-order valence-corrected chi connectivity index (χ2v) is 3.83. The lowest BCUT2D eigenvalue weighted by molar-refractivity contribution is 0.0975.